The maximum Gasteiger partial charge on any atom is 0.0599 e. The minimum absolute atomic E-state index is 0.600. The van der Waals surface area contributed by atoms with Crippen LogP contribution in [0.1, 0.15) is 30.5 Å². The molecule has 1 aromatic carbocycles. The van der Waals surface area contributed by atoms with Crippen molar-refractivity contribution in [2.24, 2.45) is 0 Å². The molecule has 20 heavy (non-hydrogen) atoms. The van der Waals surface area contributed by atoms with Gasteiger partial charge in [0.1, 0.15) is 0 Å². The topological polar surface area (TPSA) is 29.0 Å². The van der Waals surface area contributed by atoms with Gasteiger partial charge in [-0.25, -0.2) is 0 Å². The Kier molecular flexibility index (Phi) is 5.69. The highest BCUT2D eigenvalue weighted by Crippen LogP contribution is 2.19. The van der Waals surface area contributed by atoms with Crippen molar-refractivity contribution in [3.63, 3.8) is 0 Å². The third kappa shape index (κ3) is 4.42. The quantitative estimate of drug-likeness (QED) is 0.773. The third-order valence-electron chi connectivity index (χ3n) is 3.66. The van der Waals surface area contributed by atoms with Crippen molar-refractivity contribution in [3.05, 3.63) is 60.2 Å². The van der Waals surface area contributed by atoms with Crippen molar-refractivity contribution in [3.8, 4) is 0 Å². The molecule has 0 spiro atoms. The number of hydrogen-bond donors (Lipinski definition) is 0. The fourth-order valence-corrected chi connectivity index (χ4v) is 2.43. The maximum atomic E-state index is 4.32. The predicted molar refractivity (Wildman–Crippen MR) is 82.7 cm³/mol. The molecule has 3 nitrogen and oxygen atoms in total. The number of nitrogens with zero attached hydrogens (tertiary/aromatic N) is 3. The zero-order valence-corrected chi connectivity index (χ0v) is 12.4. The largest absolute Gasteiger partial charge is 0.305 e. The van der Waals surface area contributed by atoms with Gasteiger partial charge in [0.05, 0.1) is 5.69 Å². The average Bonchev–Trinajstić information content (AvgIpc) is 2.52. The Morgan fingerprint density at radius 2 is 1.95 bits per heavy atom. The van der Waals surface area contributed by atoms with Crippen LogP contribution in [0.25, 0.3) is 0 Å². The molecule has 0 aliphatic heterocycles. The summed E-state index contributed by atoms with van der Waals surface area (Å²) in [4.78, 5) is 10.8. The normalized spacial score (nSPS) is 12.6. The van der Waals surface area contributed by atoms with Gasteiger partial charge in [-0.2, -0.15) is 0 Å². The lowest BCUT2D eigenvalue weighted by Crippen LogP contribution is -2.26. The van der Waals surface area contributed by atoms with E-state index in [0.29, 0.717) is 5.92 Å². The molecule has 0 bridgehead atoms. The smallest absolute Gasteiger partial charge is 0.0599 e. The van der Waals surface area contributed by atoms with Crippen molar-refractivity contribution < 1.29 is 0 Å². The third-order valence-corrected chi connectivity index (χ3v) is 3.66. The van der Waals surface area contributed by atoms with Crippen LogP contribution in [0.3, 0.4) is 0 Å². The Hall–Kier alpha value is -1.74. The first kappa shape index (κ1) is 14.7. The summed E-state index contributed by atoms with van der Waals surface area (Å²) in [7, 11) is 2.18. The summed E-state index contributed by atoms with van der Waals surface area (Å²) >= 11 is 0. The van der Waals surface area contributed by atoms with Crippen LogP contribution in [0.2, 0.25) is 0 Å². The lowest BCUT2D eigenvalue weighted by molar-refractivity contribution is 0.310. The molecule has 1 aromatic heterocycles. The average molecular weight is 269 g/mol. The highest BCUT2D eigenvalue weighted by atomic mass is 15.1. The first-order valence-electron chi connectivity index (χ1n) is 7.28. The molecular weight excluding hydrogens is 246 g/mol. The molecule has 0 fully saturated rings. The fourth-order valence-electron chi connectivity index (χ4n) is 2.43. The van der Waals surface area contributed by atoms with Crippen LogP contribution < -0.4 is 0 Å². The van der Waals surface area contributed by atoms with Crippen LogP contribution >= 0.6 is 0 Å². The van der Waals surface area contributed by atoms with E-state index in [1.165, 1.54) is 12.0 Å². The first-order chi connectivity index (χ1) is 9.79. The van der Waals surface area contributed by atoms with Crippen LogP contribution in [-0.2, 0) is 6.42 Å². The molecule has 1 heterocycles. The molecule has 3 heteroatoms. The van der Waals surface area contributed by atoms with Crippen molar-refractivity contribution in [2.75, 3.05) is 20.1 Å². The summed E-state index contributed by atoms with van der Waals surface area (Å²) in [5.41, 5.74) is 2.49. The van der Waals surface area contributed by atoms with E-state index >= 15 is 0 Å². The van der Waals surface area contributed by atoms with Crippen LogP contribution in [-0.4, -0.2) is 35.0 Å². The van der Waals surface area contributed by atoms with Crippen LogP contribution in [0, 0.1) is 0 Å². The Morgan fingerprint density at radius 3 is 2.60 bits per heavy atom. The van der Waals surface area contributed by atoms with E-state index in [1.54, 1.807) is 12.4 Å². The summed E-state index contributed by atoms with van der Waals surface area (Å²) in [5, 5.41) is 0. The number of aromatic nitrogens is 2. The minimum Gasteiger partial charge on any atom is -0.305 e. The maximum absolute atomic E-state index is 4.32. The number of benzene rings is 1. The molecule has 106 valence electrons. The highest BCUT2D eigenvalue weighted by Gasteiger charge is 2.11. The Morgan fingerprint density at radius 1 is 1.15 bits per heavy atom. The number of rotatable bonds is 7. The van der Waals surface area contributed by atoms with Crippen molar-refractivity contribution >= 4 is 0 Å². The van der Waals surface area contributed by atoms with Gasteiger partial charge in [0.2, 0.25) is 0 Å². The minimum atomic E-state index is 0.600. The van der Waals surface area contributed by atoms with Crippen LogP contribution in [0.4, 0.5) is 0 Å². The monoisotopic (exact) mass is 269 g/mol. The second-order valence-electron chi connectivity index (χ2n) is 5.22. The van der Waals surface area contributed by atoms with E-state index in [-0.39, 0.29) is 0 Å². The zero-order valence-electron chi connectivity index (χ0n) is 12.4. The summed E-state index contributed by atoms with van der Waals surface area (Å²) in [5.74, 6) is 0.600. The summed E-state index contributed by atoms with van der Waals surface area (Å²) in [6, 6.07) is 10.8. The van der Waals surface area contributed by atoms with Gasteiger partial charge in [-0.3, -0.25) is 9.97 Å². The molecule has 0 aliphatic carbocycles. The van der Waals surface area contributed by atoms with E-state index < -0.39 is 0 Å². The Balaban J connectivity index is 1.85. The number of likely N-dealkylation sites (N-methyl/N-ethyl adjacent to an activating group) is 1. The molecule has 0 amide bonds. The summed E-state index contributed by atoms with van der Waals surface area (Å²) in [6.07, 6.45) is 7.45. The van der Waals surface area contributed by atoms with E-state index in [9.17, 15) is 0 Å². The van der Waals surface area contributed by atoms with Crippen molar-refractivity contribution in [1.29, 1.82) is 0 Å². The molecule has 2 rings (SSSR count). The molecule has 1 unspecified atom stereocenters. The van der Waals surface area contributed by atoms with Gasteiger partial charge in [0, 0.05) is 38.1 Å². The molecule has 0 radical (unpaired) electrons. The summed E-state index contributed by atoms with van der Waals surface area (Å²) in [6.45, 7) is 4.36. The molecule has 2 aromatic rings. The van der Waals surface area contributed by atoms with Crippen LogP contribution in [0.15, 0.2) is 48.9 Å². The van der Waals surface area contributed by atoms with Gasteiger partial charge >= 0.3 is 0 Å². The predicted octanol–water partition coefficient (Wildman–Crippen LogP) is 3.14. The van der Waals surface area contributed by atoms with Crippen molar-refractivity contribution in [2.45, 2.75) is 25.7 Å². The molecule has 0 N–H and O–H groups in total. The Bertz CT molecular complexity index is 484. The van der Waals surface area contributed by atoms with E-state index in [4.69, 9.17) is 0 Å². The zero-order chi connectivity index (χ0) is 14.2. The fraction of sp³-hybridized carbons (Fsp3) is 0.412. The summed E-state index contributed by atoms with van der Waals surface area (Å²) < 4.78 is 0. The Labute approximate surface area is 121 Å². The van der Waals surface area contributed by atoms with Gasteiger partial charge in [-0.05, 0) is 24.9 Å². The van der Waals surface area contributed by atoms with Gasteiger partial charge in [-0.15, -0.1) is 0 Å². The lowest BCUT2D eigenvalue weighted by atomic mass is 9.96. The van der Waals surface area contributed by atoms with E-state index in [2.05, 4.69) is 59.2 Å². The van der Waals surface area contributed by atoms with E-state index in [1.807, 2.05) is 6.20 Å². The van der Waals surface area contributed by atoms with Crippen LogP contribution in [0.5, 0.6) is 0 Å². The molecular formula is C17H23N3. The lowest BCUT2D eigenvalue weighted by Gasteiger charge is -2.23. The molecule has 0 saturated heterocycles. The number of hydrogen-bond acceptors (Lipinski definition) is 3. The van der Waals surface area contributed by atoms with Gasteiger partial charge in [0.25, 0.3) is 0 Å². The van der Waals surface area contributed by atoms with Crippen molar-refractivity contribution in [1.82, 2.24) is 14.9 Å². The second-order valence-corrected chi connectivity index (χ2v) is 5.22. The SMILES string of the molecule is CCC(CN(C)CCc1cnccn1)c1ccccc1. The van der Waals surface area contributed by atoms with E-state index in [0.717, 1.165) is 25.2 Å². The standard InChI is InChI=1S/C17H23N3/c1-3-15(16-7-5-4-6-8-16)14-20(2)12-9-17-13-18-10-11-19-17/h4-8,10-11,13,15H,3,9,12,14H2,1-2H3. The van der Waals surface area contributed by atoms with Gasteiger partial charge < -0.3 is 4.90 Å². The molecule has 0 aliphatic rings. The van der Waals surface area contributed by atoms with Gasteiger partial charge in [-0.1, -0.05) is 37.3 Å². The molecule has 0 saturated carbocycles. The van der Waals surface area contributed by atoms with Gasteiger partial charge in [0.15, 0.2) is 0 Å². The molecule has 1 atom stereocenters. The highest BCUT2D eigenvalue weighted by molar-refractivity contribution is 5.19. The second kappa shape index (κ2) is 7.75. The first-order valence-corrected chi connectivity index (χ1v) is 7.28.